The molecule has 6 heteroatoms. The molecule has 0 bridgehead atoms. The minimum Gasteiger partial charge on any atom is -0.356 e. The molecule has 1 aliphatic rings. The highest BCUT2D eigenvalue weighted by Gasteiger charge is 2.09. The Balaban J connectivity index is 1.58. The van der Waals surface area contributed by atoms with Gasteiger partial charge in [-0.1, -0.05) is 12.8 Å². The van der Waals surface area contributed by atoms with Gasteiger partial charge < -0.3 is 15.5 Å². The van der Waals surface area contributed by atoms with Crippen LogP contribution >= 0.6 is 0 Å². The average Bonchev–Trinajstić information content (AvgIpc) is 2.64. The van der Waals surface area contributed by atoms with Gasteiger partial charge in [0, 0.05) is 25.7 Å². The van der Waals surface area contributed by atoms with E-state index in [1.807, 2.05) is 0 Å². The van der Waals surface area contributed by atoms with Crippen LogP contribution in [0.2, 0.25) is 0 Å². The number of rotatable bonds is 8. The molecule has 0 aliphatic carbocycles. The summed E-state index contributed by atoms with van der Waals surface area (Å²) in [4.78, 5) is 6.68. The van der Waals surface area contributed by atoms with Gasteiger partial charge in [0.15, 0.2) is 5.96 Å². The van der Waals surface area contributed by atoms with Crippen molar-refractivity contribution in [3.8, 4) is 0 Å². The van der Waals surface area contributed by atoms with Crippen molar-refractivity contribution in [1.29, 1.82) is 0 Å². The van der Waals surface area contributed by atoms with E-state index in [1.54, 1.807) is 7.05 Å². The first-order valence-electron chi connectivity index (χ1n) is 9.30. The standard InChI is InChI=1S/C19H30F2N4/c1-22-19(24-15-16-14-17(20)8-9-18(16)21)23-10-4-2-5-11-25-12-6-3-7-13-25/h8-9,14H,2-7,10-13,15H2,1H3,(H2,22,23,24). The second-order valence-corrected chi connectivity index (χ2v) is 6.55. The molecule has 0 unspecified atom stereocenters. The molecular weight excluding hydrogens is 322 g/mol. The highest BCUT2D eigenvalue weighted by atomic mass is 19.1. The topological polar surface area (TPSA) is 39.7 Å². The summed E-state index contributed by atoms with van der Waals surface area (Å²) in [7, 11) is 1.67. The summed E-state index contributed by atoms with van der Waals surface area (Å²) < 4.78 is 26.8. The predicted octanol–water partition coefficient (Wildman–Crippen LogP) is 3.29. The summed E-state index contributed by atoms with van der Waals surface area (Å²) in [5.74, 6) is -0.239. The molecule has 4 nitrogen and oxygen atoms in total. The van der Waals surface area contributed by atoms with Crippen molar-refractivity contribution in [3.63, 3.8) is 0 Å². The van der Waals surface area contributed by atoms with Crippen molar-refractivity contribution in [2.75, 3.05) is 33.2 Å². The van der Waals surface area contributed by atoms with E-state index < -0.39 is 11.6 Å². The molecule has 0 amide bonds. The lowest BCUT2D eigenvalue weighted by Gasteiger charge is -2.26. The first-order valence-corrected chi connectivity index (χ1v) is 9.30. The maximum Gasteiger partial charge on any atom is 0.191 e. The second-order valence-electron chi connectivity index (χ2n) is 6.55. The van der Waals surface area contributed by atoms with E-state index in [-0.39, 0.29) is 6.54 Å². The van der Waals surface area contributed by atoms with Crippen molar-refractivity contribution in [3.05, 3.63) is 35.4 Å². The van der Waals surface area contributed by atoms with Crippen LogP contribution in [-0.4, -0.2) is 44.1 Å². The first-order chi connectivity index (χ1) is 12.2. The Morgan fingerprint density at radius 1 is 1.08 bits per heavy atom. The van der Waals surface area contributed by atoms with Gasteiger partial charge in [0.1, 0.15) is 11.6 Å². The third kappa shape index (κ3) is 7.38. The van der Waals surface area contributed by atoms with Gasteiger partial charge in [0.25, 0.3) is 0 Å². The van der Waals surface area contributed by atoms with Crippen molar-refractivity contribution >= 4 is 5.96 Å². The molecule has 1 heterocycles. The number of piperidine rings is 1. The Morgan fingerprint density at radius 2 is 1.88 bits per heavy atom. The molecule has 0 spiro atoms. The molecule has 25 heavy (non-hydrogen) atoms. The predicted molar refractivity (Wildman–Crippen MR) is 98.7 cm³/mol. The number of nitrogens with zero attached hydrogens (tertiary/aromatic N) is 2. The minimum atomic E-state index is -0.435. The summed E-state index contributed by atoms with van der Waals surface area (Å²) in [6, 6.07) is 3.47. The lowest BCUT2D eigenvalue weighted by molar-refractivity contribution is 0.224. The maximum atomic E-state index is 13.6. The van der Waals surface area contributed by atoms with Gasteiger partial charge in [-0.25, -0.2) is 8.78 Å². The van der Waals surface area contributed by atoms with Gasteiger partial charge in [-0.15, -0.1) is 0 Å². The van der Waals surface area contributed by atoms with Crippen molar-refractivity contribution in [2.45, 2.75) is 45.1 Å². The van der Waals surface area contributed by atoms with E-state index in [9.17, 15) is 8.78 Å². The summed E-state index contributed by atoms with van der Waals surface area (Å²) in [5.41, 5.74) is 0.296. The number of aliphatic imine (C=N–C) groups is 1. The Bertz CT molecular complexity index is 542. The molecule has 0 saturated carbocycles. The molecule has 1 aliphatic heterocycles. The van der Waals surface area contributed by atoms with Gasteiger partial charge in [-0.2, -0.15) is 0 Å². The lowest BCUT2D eigenvalue weighted by atomic mass is 10.1. The van der Waals surface area contributed by atoms with Crippen LogP contribution in [0, 0.1) is 11.6 Å². The molecule has 2 rings (SSSR count). The summed E-state index contributed by atoms with van der Waals surface area (Å²) in [6.07, 6.45) is 7.54. The Labute approximate surface area is 149 Å². The monoisotopic (exact) mass is 352 g/mol. The highest BCUT2D eigenvalue weighted by molar-refractivity contribution is 5.79. The number of unbranched alkanes of at least 4 members (excludes halogenated alkanes) is 2. The summed E-state index contributed by atoms with van der Waals surface area (Å²) in [5, 5.41) is 6.24. The molecule has 140 valence electrons. The quantitative estimate of drug-likeness (QED) is 0.428. The van der Waals surface area contributed by atoms with Gasteiger partial charge >= 0.3 is 0 Å². The highest BCUT2D eigenvalue weighted by Crippen LogP contribution is 2.10. The smallest absolute Gasteiger partial charge is 0.191 e. The molecule has 2 N–H and O–H groups in total. The van der Waals surface area contributed by atoms with E-state index in [2.05, 4.69) is 20.5 Å². The van der Waals surface area contributed by atoms with Crippen molar-refractivity contribution < 1.29 is 8.78 Å². The fourth-order valence-electron chi connectivity index (χ4n) is 3.11. The molecule has 1 saturated heterocycles. The summed E-state index contributed by atoms with van der Waals surface area (Å²) >= 11 is 0. The number of hydrogen-bond acceptors (Lipinski definition) is 2. The minimum absolute atomic E-state index is 0.207. The van der Waals surface area contributed by atoms with Crippen LogP contribution in [0.15, 0.2) is 23.2 Å². The molecule has 0 radical (unpaired) electrons. The number of halogens is 2. The van der Waals surface area contributed by atoms with Crippen LogP contribution in [0.1, 0.15) is 44.1 Å². The van der Waals surface area contributed by atoms with E-state index in [4.69, 9.17) is 0 Å². The van der Waals surface area contributed by atoms with Gasteiger partial charge in [-0.05, 0) is 63.5 Å². The Morgan fingerprint density at radius 3 is 2.64 bits per heavy atom. The van der Waals surface area contributed by atoms with Crippen molar-refractivity contribution in [2.24, 2.45) is 4.99 Å². The van der Waals surface area contributed by atoms with Crippen LogP contribution in [0.3, 0.4) is 0 Å². The molecule has 0 aromatic heterocycles. The maximum absolute atomic E-state index is 13.6. The van der Waals surface area contributed by atoms with Crippen LogP contribution in [0.5, 0.6) is 0 Å². The van der Waals surface area contributed by atoms with Crippen LogP contribution in [-0.2, 0) is 6.54 Å². The van der Waals surface area contributed by atoms with E-state index >= 15 is 0 Å². The zero-order chi connectivity index (χ0) is 17.9. The molecule has 0 atom stereocenters. The number of nitrogens with one attached hydrogen (secondary N) is 2. The van der Waals surface area contributed by atoms with Gasteiger partial charge in [0.2, 0.25) is 0 Å². The summed E-state index contributed by atoms with van der Waals surface area (Å²) in [6.45, 7) is 4.74. The average molecular weight is 352 g/mol. The third-order valence-corrected chi connectivity index (χ3v) is 4.57. The first kappa shape index (κ1) is 19.6. The SMILES string of the molecule is CN=C(NCCCCCN1CCCCC1)NCc1cc(F)ccc1F. The lowest BCUT2D eigenvalue weighted by Crippen LogP contribution is -2.37. The number of benzene rings is 1. The third-order valence-electron chi connectivity index (χ3n) is 4.57. The molecule has 1 aromatic carbocycles. The van der Waals surface area contributed by atoms with Crippen LogP contribution < -0.4 is 10.6 Å². The molecular formula is C19H30F2N4. The number of likely N-dealkylation sites (tertiary alicyclic amines) is 1. The van der Waals surface area contributed by atoms with E-state index in [0.29, 0.717) is 11.5 Å². The van der Waals surface area contributed by atoms with Crippen LogP contribution in [0.25, 0.3) is 0 Å². The van der Waals surface area contributed by atoms with Crippen molar-refractivity contribution in [1.82, 2.24) is 15.5 Å². The van der Waals surface area contributed by atoms with E-state index in [1.165, 1.54) is 57.8 Å². The second kappa shape index (κ2) is 11.0. The fourth-order valence-corrected chi connectivity index (χ4v) is 3.11. The molecule has 1 aromatic rings. The molecule has 1 fully saturated rings. The van der Waals surface area contributed by atoms with Gasteiger partial charge in [0.05, 0.1) is 0 Å². The largest absolute Gasteiger partial charge is 0.356 e. The van der Waals surface area contributed by atoms with E-state index in [0.717, 1.165) is 25.1 Å². The van der Waals surface area contributed by atoms with Crippen LogP contribution in [0.4, 0.5) is 8.78 Å². The zero-order valence-electron chi connectivity index (χ0n) is 15.2. The number of guanidine groups is 1. The number of hydrogen-bond donors (Lipinski definition) is 2. The fraction of sp³-hybridized carbons (Fsp3) is 0.632. The normalized spacial score (nSPS) is 16.0. The van der Waals surface area contributed by atoms with Gasteiger partial charge in [-0.3, -0.25) is 4.99 Å². The Kier molecular flexibility index (Phi) is 8.66. The Hall–Kier alpha value is -1.69. The zero-order valence-corrected chi connectivity index (χ0v) is 15.2.